The summed E-state index contributed by atoms with van der Waals surface area (Å²) in [5.41, 5.74) is 3.01. The summed E-state index contributed by atoms with van der Waals surface area (Å²) in [6.07, 6.45) is 0.912. The van der Waals surface area contributed by atoms with Gasteiger partial charge in [-0.15, -0.1) is 0 Å². The molecule has 9 heteroatoms. The lowest BCUT2D eigenvalue weighted by Gasteiger charge is -2.16. The molecule has 0 bridgehead atoms. The molecule has 0 saturated carbocycles. The van der Waals surface area contributed by atoms with Gasteiger partial charge in [0, 0.05) is 16.9 Å². The van der Waals surface area contributed by atoms with E-state index in [0.717, 1.165) is 11.3 Å². The molecule has 3 aromatic rings. The lowest BCUT2D eigenvalue weighted by Crippen LogP contribution is -2.32. The van der Waals surface area contributed by atoms with Crippen molar-refractivity contribution in [2.45, 2.75) is 20.3 Å². The topological polar surface area (TPSA) is 105 Å². The summed E-state index contributed by atoms with van der Waals surface area (Å²) >= 11 is 6.21. The fourth-order valence-electron chi connectivity index (χ4n) is 3.71. The number of nitrogens with one attached hydrogen (secondary N) is 2. The number of aryl methyl sites for hydroxylation is 1. The molecule has 8 nitrogen and oxygen atoms in total. The molecule has 0 fully saturated rings. The Balaban J connectivity index is 1.46. The van der Waals surface area contributed by atoms with Gasteiger partial charge in [-0.2, -0.15) is 0 Å². The van der Waals surface area contributed by atoms with E-state index in [1.54, 1.807) is 37.3 Å². The fourth-order valence-corrected chi connectivity index (χ4v) is 3.92. The minimum absolute atomic E-state index is 0.110. The Hall–Kier alpha value is -4.43. The van der Waals surface area contributed by atoms with Crippen molar-refractivity contribution in [1.29, 1.82) is 0 Å². The van der Waals surface area contributed by atoms with Crippen LogP contribution in [-0.4, -0.2) is 30.3 Å². The normalized spacial score (nSPS) is 13.1. The zero-order valence-electron chi connectivity index (χ0n) is 20.2. The van der Waals surface area contributed by atoms with Crippen molar-refractivity contribution in [2.75, 3.05) is 22.1 Å². The number of imide groups is 1. The molecular formula is C28H24ClN3O5. The Kier molecular flexibility index (Phi) is 7.69. The molecule has 1 aliphatic rings. The van der Waals surface area contributed by atoms with Gasteiger partial charge in [-0.05, 0) is 73.5 Å². The molecule has 0 saturated heterocycles. The molecule has 2 N–H and O–H groups in total. The molecule has 0 radical (unpaired) electrons. The monoisotopic (exact) mass is 517 g/mol. The van der Waals surface area contributed by atoms with Crippen LogP contribution in [-0.2, 0) is 20.7 Å². The van der Waals surface area contributed by atoms with Gasteiger partial charge in [-0.3, -0.25) is 14.4 Å². The standard InChI is InChI=1S/C28H24ClN3O5/c1-3-17-8-12-21(13-9-17)31-25(33)18-10-14-20(15-11-18)30-24-23(29)26(34)32(27(24)35)22-7-5-6-19(16-22)28(36)37-4-2/h5-16,30H,3-4H2,1-2H3,(H,31,33). The summed E-state index contributed by atoms with van der Waals surface area (Å²) in [6, 6.07) is 20.0. The fraction of sp³-hybridized carbons (Fsp3) is 0.143. The minimum atomic E-state index is -0.722. The van der Waals surface area contributed by atoms with Crippen molar-refractivity contribution < 1.29 is 23.9 Å². The molecule has 0 atom stereocenters. The summed E-state index contributed by atoms with van der Waals surface area (Å²) in [5, 5.41) is 5.42. The Morgan fingerprint density at radius 1 is 0.865 bits per heavy atom. The number of nitrogens with zero attached hydrogens (tertiary/aromatic N) is 1. The SMILES string of the molecule is CCOC(=O)c1cccc(N2C(=O)C(Cl)=C(Nc3ccc(C(=O)Nc4ccc(CC)cc4)cc3)C2=O)c1. The predicted molar refractivity (Wildman–Crippen MR) is 142 cm³/mol. The van der Waals surface area contributed by atoms with E-state index < -0.39 is 17.8 Å². The van der Waals surface area contributed by atoms with Crippen LogP contribution in [0.2, 0.25) is 0 Å². The van der Waals surface area contributed by atoms with E-state index in [9.17, 15) is 19.2 Å². The number of carbonyl (C=O) groups excluding carboxylic acids is 4. The average Bonchev–Trinajstić information content (AvgIpc) is 3.12. The van der Waals surface area contributed by atoms with E-state index in [4.69, 9.17) is 16.3 Å². The van der Waals surface area contributed by atoms with E-state index in [0.29, 0.717) is 16.9 Å². The van der Waals surface area contributed by atoms with E-state index in [1.165, 1.54) is 23.8 Å². The van der Waals surface area contributed by atoms with Gasteiger partial charge in [0.05, 0.1) is 17.9 Å². The summed E-state index contributed by atoms with van der Waals surface area (Å²) in [4.78, 5) is 51.4. The second-order valence-corrected chi connectivity index (χ2v) is 8.49. The van der Waals surface area contributed by atoms with Crippen molar-refractivity contribution in [3.05, 3.63) is 100 Å². The Morgan fingerprint density at radius 3 is 2.19 bits per heavy atom. The van der Waals surface area contributed by atoms with Crippen molar-refractivity contribution in [3.63, 3.8) is 0 Å². The molecule has 4 rings (SSSR count). The third-order valence-corrected chi connectivity index (χ3v) is 6.03. The summed E-state index contributed by atoms with van der Waals surface area (Å²) in [7, 11) is 0. The van der Waals surface area contributed by atoms with Gasteiger partial charge in [0.15, 0.2) is 0 Å². The van der Waals surface area contributed by atoms with Gasteiger partial charge in [0.1, 0.15) is 10.7 Å². The maximum atomic E-state index is 13.1. The van der Waals surface area contributed by atoms with E-state index >= 15 is 0 Å². The Bertz CT molecular complexity index is 1400. The van der Waals surface area contributed by atoms with Gasteiger partial charge in [-0.1, -0.05) is 36.7 Å². The van der Waals surface area contributed by atoms with Gasteiger partial charge in [0.2, 0.25) is 0 Å². The number of rotatable bonds is 8. The third kappa shape index (κ3) is 5.54. The number of ether oxygens (including phenoxy) is 1. The molecule has 1 heterocycles. The van der Waals surface area contributed by atoms with Crippen LogP contribution in [0.25, 0.3) is 0 Å². The first-order chi connectivity index (χ1) is 17.8. The number of halogens is 1. The highest BCUT2D eigenvalue weighted by Gasteiger charge is 2.39. The zero-order chi connectivity index (χ0) is 26.5. The van der Waals surface area contributed by atoms with Gasteiger partial charge < -0.3 is 15.4 Å². The quantitative estimate of drug-likeness (QED) is 0.317. The number of anilines is 3. The highest BCUT2D eigenvalue weighted by atomic mass is 35.5. The first-order valence-electron chi connectivity index (χ1n) is 11.7. The first-order valence-corrected chi connectivity index (χ1v) is 12.0. The van der Waals surface area contributed by atoms with Crippen LogP contribution >= 0.6 is 11.6 Å². The van der Waals surface area contributed by atoms with Crippen LogP contribution < -0.4 is 15.5 Å². The average molecular weight is 518 g/mol. The number of hydrogen-bond acceptors (Lipinski definition) is 6. The van der Waals surface area contributed by atoms with Crippen LogP contribution in [0.4, 0.5) is 17.1 Å². The van der Waals surface area contributed by atoms with Crippen LogP contribution in [0.5, 0.6) is 0 Å². The van der Waals surface area contributed by atoms with Crippen LogP contribution in [0, 0.1) is 0 Å². The van der Waals surface area contributed by atoms with Crippen LogP contribution in [0.1, 0.15) is 40.1 Å². The Labute approximate surface area is 218 Å². The van der Waals surface area contributed by atoms with Gasteiger partial charge >= 0.3 is 5.97 Å². The molecule has 188 valence electrons. The number of benzene rings is 3. The minimum Gasteiger partial charge on any atom is -0.462 e. The molecule has 0 aliphatic carbocycles. The third-order valence-electron chi connectivity index (χ3n) is 5.68. The molecule has 37 heavy (non-hydrogen) atoms. The summed E-state index contributed by atoms with van der Waals surface area (Å²) in [6.45, 7) is 3.93. The van der Waals surface area contributed by atoms with E-state index in [2.05, 4.69) is 17.6 Å². The first kappa shape index (κ1) is 25.7. The van der Waals surface area contributed by atoms with Crippen molar-refractivity contribution >= 4 is 52.4 Å². The smallest absolute Gasteiger partial charge is 0.338 e. The van der Waals surface area contributed by atoms with Crippen LogP contribution in [0.3, 0.4) is 0 Å². The van der Waals surface area contributed by atoms with E-state index in [1.807, 2.05) is 24.3 Å². The largest absolute Gasteiger partial charge is 0.462 e. The molecule has 0 spiro atoms. The lowest BCUT2D eigenvalue weighted by atomic mass is 10.1. The van der Waals surface area contributed by atoms with Crippen molar-refractivity contribution in [3.8, 4) is 0 Å². The summed E-state index contributed by atoms with van der Waals surface area (Å²) in [5.74, 6) is -2.25. The maximum absolute atomic E-state index is 13.1. The molecule has 3 aromatic carbocycles. The molecule has 0 unspecified atom stereocenters. The predicted octanol–water partition coefficient (Wildman–Crippen LogP) is 5.11. The van der Waals surface area contributed by atoms with E-state index in [-0.39, 0.29) is 34.5 Å². The Morgan fingerprint density at radius 2 is 1.54 bits per heavy atom. The maximum Gasteiger partial charge on any atom is 0.338 e. The van der Waals surface area contributed by atoms with Crippen molar-refractivity contribution in [2.24, 2.45) is 0 Å². The highest BCUT2D eigenvalue weighted by Crippen LogP contribution is 2.30. The number of amides is 3. The molecule has 0 aromatic heterocycles. The second-order valence-electron chi connectivity index (χ2n) is 8.11. The number of esters is 1. The number of hydrogen-bond donors (Lipinski definition) is 2. The van der Waals surface area contributed by atoms with Crippen LogP contribution in [0.15, 0.2) is 83.5 Å². The van der Waals surface area contributed by atoms with Crippen molar-refractivity contribution in [1.82, 2.24) is 0 Å². The second kappa shape index (κ2) is 11.1. The highest BCUT2D eigenvalue weighted by molar-refractivity contribution is 6.53. The molecule has 1 aliphatic heterocycles. The number of carbonyl (C=O) groups is 4. The van der Waals surface area contributed by atoms with Gasteiger partial charge in [0.25, 0.3) is 17.7 Å². The molecular weight excluding hydrogens is 494 g/mol. The zero-order valence-corrected chi connectivity index (χ0v) is 21.0. The lowest BCUT2D eigenvalue weighted by molar-refractivity contribution is -0.120. The summed E-state index contributed by atoms with van der Waals surface area (Å²) < 4.78 is 4.98. The molecule has 3 amide bonds. The van der Waals surface area contributed by atoms with Gasteiger partial charge in [-0.25, -0.2) is 9.69 Å².